The molecule has 0 aromatic rings. The van der Waals surface area contributed by atoms with Crippen LogP contribution in [0, 0.1) is 6.54 Å². The molecule has 1 atom stereocenters. The number of carbonyl (C=O) groups is 1. The maximum absolute atomic E-state index is 11.8. The van der Waals surface area contributed by atoms with Crippen molar-refractivity contribution in [3.05, 3.63) is 6.54 Å². The molecule has 21 heavy (non-hydrogen) atoms. The molecule has 0 rings (SSSR count). The second-order valence-electron chi connectivity index (χ2n) is 5.94. The summed E-state index contributed by atoms with van der Waals surface area (Å²) in [7, 11) is 0. The van der Waals surface area contributed by atoms with E-state index in [4.69, 9.17) is 5.11 Å². The maximum atomic E-state index is 11.8. The zero-order chi connectivity index (χ0) is 15.8. The van der Waals surface area contributed by atoms with Gasteiger partial charge in [-0.05, 0) is 13.3 Å². The number of carbonyl (C=O) groups excluding carboxylic acids is 1. The van der Waals surface area contributed by atoms with Crippen molar-refractivity contribution in [3.63, 3.8) is 0 Å². The smallest absolute Gasteiger partial charge is 0.152 e. The Morgan fingerprint density at radius 1 is 0.952 bits per heavy atom. The second kappa shape index (κ2) is 16.0. The highest BCUT2D eigenvalue weighted by Gasteiger charge is 2.14. The number of hydrogen-bond acceptors (Lipinski definition) is 3. The molecule has 2 N–H and O–H groups in total. The third-order valence-corrected chi connectivity index (χ3v) is 3.97. The van der Waals surface area contributed by atoms with Crippen LogP contribution in [0.2, 0.25) is 0 Å². The van der Waals surface area contributed by atoms with Gasteiger partial charge in [0.15, 0.2) is 5.78 Å². The lowest BCUT2D eigenvalue weighted by atomic mass is 10.0. The molecule has 1 unspecified atom stereocenters. The molecule has 0 saturated heterocycles. The quantitative estimate of drug-likeness (QED) is 0.415. The number of hydrogen-bond donors (Lipinski definition) is 2. The van der Waals surface area contributed by atoms with Crippen LogP contribution in [-0.4, -0.2) is 23.5 Å². The van der Waals surface area contributed by atoms with Crippen LogP contribution in [0.25, 0.3) is 0 Å². The summed E-state index contributed by atoms with van der Waals surface area (Å²) in [5.74, 6) is 0.131. The van der Waals surface area contributed by atoms with Crippen molar-refractivity contribution in [1.29, 1.82) is 0 Å². The summed E-state index contributed by atoms with van der Waals surface area (Å²) < 4.78 is 0. The molecule has 0 bridgehead atoms. The second-order valence-corrected chi connectivity index (χ2v) is 5.94. The van der Waals surface area contributed by atoms with E-state index in [1.807, 2.05) is 6.92 Å². The minimum atomic E-state index is -0.405. The SMILES string of the molecule is C[CH]NC(CO)C(=O)CCCCCCCCCCCCC. The Balaban J connectivity index is 3.30. The fraction of sp³-hybridized carbons (Fsp3) is 0.889. The molecule has 0 aromatic heterocycles. The summed E-state index contributed by atoms with van der Waals surface area (Å²) in [6.45, 7) is 5.70. The lowest BCUT2D eigenvalue weighted by Gasteiger charge is -2.13. The predicted octanol–water partition coefficient (Wildman–Crippen LogP) is 4.39. The van der Waals surface area contributed by atoms with E-state index in [9.17, 15) is 4.79 Å². The number of aliphatic hydroxyl groups is 1. The van der Waals surface area contributed by atoms with E-state index in [1.165, 1.54) is 57.8 Å². The third kappa shape index (κ3) is 13.0. The molecular formula is C18H36NO2. The summed E-state index contributed by atoms with van der Waals surface area (Å²) in [6, 6.07) is -0.405. The van der Waals surface area contributed by atoms with Crippen LogP contribution in [0.15, 0.2) is 0 Å². The number of aliphatic hydroxyl groups excluding tert-OH is 1. The molecule has 0 aliphatic rings. The van der Waals surface area contributed by atoms with Crippen LogP contribution >= 0.6 is 0 Å². The Morgan fingerprint density at radius 3 is 1.86 bits per heavy atom. The molecule has 3 nitrogen and oxygen atoms in total. The molecule has 0 amide bonds. The molecule has 0 aliphatic heterocycles. The standard InChI is InChI=1S/C18H36NO2/c1-3-5-6-7-8-9-10-11-12-13-14-15-18(21)17(16-20)19-4-2/h4,17,19-20H,3,5-16H2,1-2H3. The zero-order valence-corrected chi connectivity index (χ0v) is 14.2. The van der Waals surface area contributed by atoms with Crippen LogP contribution < -0.4 is 5.32 Å². The minimum absolute atomic E-state index is 0.110. The van der Waals surface area contributed by atoms with Gasteiger partial charge in [0.2, 0.25) is 0 Å². The largest absolute Gasteiger partial charge is 0.394 e. The van der Waals surface area contributed by atoms with E-state index < -0.39 is 6.04 Å². The topological polar surface area (TPSA) is 49.3 Å². The molecule has 0 spiro atoms. The molecular weight excluding hydrogens is 262 g/mol. The van der Waals surface area contributed by atoms with Crippen molar-refractivity contribution in [2.24, 2.45) is 0 Å². The molecule has 1 radical (unpaired) electrons. The predicted molar refractivity (Wildman–Crippen MR) is 90.1 cm³/mol. The van der Waals surface area contributed by atoms with Crippen molar-refractivity contribution in [2.45, 2.75) is 96.9 Å². The van der Waals surface area contributed by atoms with Crippen LogP contribution in [0.3, 0.4) is 0 Å². The van der Waals surface area contributed by atoms with Gasteiger partial charge >= 0.3 is 0 Å². The Labute approximate surface area is 131 Å². The highest BCUT2D eigenvalue weighted by atomic mass is 16.3. The first kappa shape index (κ1) is 20.6. The van der Waals surface area contributed by atoms with Gasteiger partial charge < -0.3 is 10.4 Å². The van der Waals surface area contributed by atoms with Gasteiger partial charge in [0, 0.05) is 13.0 Å². The van der Waals surface area contributed by atoms with Crippen molar-refractivity contribution in [1.82, 2.24) is 5.32 Å². The molecule has 0 aromatic carbocycles. The van der Waals surface area contributed by atoms with Gasteiger partial charge in [-0.1, -0.05) is 71.1 Å². The number of nitrogens with one attached hydrogen (secondary N) is 1. The van der Waals surface area contributed by atoms with E-state index in [2.05, 4.69) is 12.2 Å². The maximum Gasteiger partial charge on any atom is 0.152 e. The van der Waals surface area contributed by atoms with Crippen LogP contribution in [0.5, 0.6) is 0 Å². The van der Waals surface area contributed by atoms with Crippen molar-refractivity contribution < 1.29 is 9.90 Å². The van der Waals surface area contributed by atoms with Gasteiger partial charge in [-0.3, -0.25) is 4.79 Å². The third-order valence-electron chi connectivity index (χ3n) is 3.97. The van der Waals surface area contributed by atoms with Gasteiger partial charge in [-0.15, -0.1) is 0 Å². The highest BCUT2D eigenvalue weighted by Crippen LogP contribution is 2.12. The van der Waals surface area contributed by atoms with Crippen LogP contribution in [-0.2, 0) is 4.79 Å². The number of Topliss-reactive ketones (excluding diaryl/α,β-unsaturated/α-hetero) is 1. The lowest BCUT2D eigenvalue weighted by Crippen LogP contribution is -2.37. The summed E-state index contributed by atoms with van der Waals surface area (Å²) in [4.78, 5) is 11.8. The highest BCUT2D eigenvalue weighted by molar-refractivity contribution is 5.84. The van der Waals surface area contributed by atoms with E-state index in [0.717, 1.165) is 12.8 Å². The Hall–Kier alpha value is -0.410. The molecule has 3 heteroatoms. The summed E-state index contributed by atoms with van der Waals surface area (Å²) in [5, 5.41) is 12.0. The van der Waals surface area contributed by atoms with E-state index in [0.29, 0.717) is 6.42 Å². The summed E-state index contributed by atoms with van der Waals surface area (Å²) in [5.41, 5.74) is 0. The van der Waals surface area contributed by atoms with E-state index >= 15 is 0 Å². The normalized spacial score (nSPS) is 12.5. The number of rotatable bonds is 16. The van der Waals surface area contributed by atoms with Gasteiger partial charge in [-0.2, -0.15) is 0 Å². The summed E-state index contributed by atoms with van der Waals surface area (Å²) in [6.07, 6.45) is 14.8. The first-order valence-corrected chi connectivity index (χ1v) is 8.93. The van der Waals surface area contributed by atoms with Crippen LogP contribution in [0.4, 0.5) is 0 Å². The molecule has 0 aliphatic carbocycles. The fourth-order valence-electron chi connectivity index (χ4n) is 2.59. The fourth-order valence-corrected chi connectivity index (χ4v) is 2.59. The van der Waals surface area contributed by atoms with Gasteiger partial charge in [-0.25, -0.2) is 0 Å². The monoisotopic (exact) mass is 298 g/mol. The molecule has 0 fully saturated rings. The zero-order valence-electron chi connectivity index (χ0n) is 14.2. The van der Waals surface area contributed by atoms with Crippen LogP contribution in [0.1, 0.15) is 90.9 Å². The first-order chi connectivity index (χ1) is 10.3. The van der Waals surface area contributed by atoms with Gasteiger partial charge in [0.25, 0.3) is 0 Å². The molecule has 0 heterocycles. The van der Waals surface area contributed by atoms with Crippen molar-refractivity contribution >= 4 is 5.78 Å². The first-order valence-electron chi connectivity index (χ1n) is 8.93. The van der Waals surface area contributed by atoms with E-state index in [1.54, 1.807) is 6.54 Å². The van der Waals surface area contributed by atoms with Gasteiger partial charge in [0.1, 0.15) is 0 Å². The number of ketones is 1. The summed E-state index contributed by atoms with van der Waals surface area (Å²) >= 11 is 0. The Kier molecular flexibility index (Phi) is 15.7. The molecule has 0 saturated carbocycles. The minimum Gasteiger partial charge on any atom is -0.394 e. The van der Waals surface area contributed by atoms with E-state index in [-0.39, 0.29) is 12.4 Å². The number of unbranched alkanes of at least 4 members (excludes halogenated alkanes) is 10. The van der Waals surface area contributed by atoms with Crippen molar-refractivity contribution in [3.8, 4) is 0 Å². The molecule has 125 valence electrons. The average molecular weight is 298 g/mol. The Bertz CT molecular complexity index is 231. The van der Waals surface area contributed by atoms with Gasteiger partial charge in [0.05, 0.1) is 12.6 Å². The average Bonchev–Trinajstić information content (AvgIpc) is 2.50. The van der Waals surface area contributed by atoms with Crippen molar-refractivity contribution in [2.75, 3.05) is 6.61 Å². The Morgan fingerprint density at radius 2 is 1.43 bits per heavy atom. The lowest BCUT2D eigenvalue weighted by molar-refractivity contribution is -0.121.